The molecule has 0 aliphatic carbocycles. The lowest BCUT2D eigenvalue weighted by molar-refractivity contribution is 0.0658. The molecule has 0 bridgehead atoms. The molecule has 1 saturated heterocycles. The monoisotopic (exact) mass is 338 g/mol. The van der Waals surface area contributed by atoms with E-state index in [0.29, 0.717) is 18.8 Å². The zero-order valence-electron chi connectivity index (χ0n) is 14.5. The Morgan fingerprint density at radius 3 is 2.36 bits per heavy atom. The van der Waals surface area contributed by atoms with Crippen molar-refractivity contribution in [1.82, 2.24) is 14.8 Å². The average molecular weight is 338 g/mol. The van der Waals surface area contributed by atoms with Crippen molar-refractivity contribution in [2.75, 3.05) is 38.5 Å². The van der Waals surface area contributed by atoms with Gasteiger partial charge in [0.15, 0.2) is 0 Å². The van der Waals surface area contributed by atoms with E-state index in [2.05, 4.69) is 15.2 Å². The van der Waals surface area contributed by atoms with Crippen LogP contribution in [-0.2, 0) is 0 Å². The van der Waals surface area contributed by atoms with Gasteiger partial charge in [-0.05, 0) is 37.7 Å². The third kappa shape index (κ3) is 4.03. The van der Waals surface area contributed by atoms with E-state index in [4.69, 9.17) is 0 Å². The Morgan fingerprint density at radius 1 is 0.960 bits per heavy atom. The molecular weight excluding hydrogens is 316 g/mol. The molecule has 1 aromatic heterocycles. The lowest BCUT2D eigenvalue weighted by Crippen LogP contribution is -2.47. The van der Waals surface area contributed by atoms with Gasteiger partial charge in [0.1, 0.15) is 11.4 Å². The summed E-state index contributed by atoms with van der Waals surface area (Å²) in [6.45, 7) is 4.97. The molecule has 2 heterocycles. The molecule has 2 aromatic rings. The molecule has 0 spiro atoms. The number of anilines is 1. The minimum absolute atomic E-state index is 0.126. The number of aryl methyl sites for hydroxylation is 1. The normalized spacial score (nSPS) is 15.0. The van der Waals surface area contributed by atoms with Crippen LogP contribution in [-0.4, -0.2) is 59.8 Å². The number of nitrogens with zero attached hydrogens (tertiary/aromatic N) is 3. The van der Waals surface area contributed by atoms with Gasteiger partial charge in [-0.3, -0.25) is 9.59 Å². The Kier molecular flexibility index (Phi) is 5.09. The second-order valence-corrected chi connectivity index (χ2v) is 6.27. The number of rotatable bonds is 3. The van der Waals surface area contributed by atoms with Crippen molar-refractivity contribution in [3.8, 4) is 0 Å². The SMILES string of the molecule is Cc1ccccc1NC(=O)c1cccc(C(=O)N2CCN(C)CC2)n1. The van der Waals surface area contributed by atoms with E-state index in [1.165, 1.54) is 0 Å². The van der Waals surface area contributed by atoms with Crippen molar-refractivity contribution in [1.29, 1.82) is 0 Å². The van der Waals surface area contributed by atoms with E-state index in [0.717, 1.165) is 24.3 Å². The van der Waals surface area contributed by atoms with E-state index >= 15 is 0 Å². The minimum atomic E-state index is -0.317. The molecule has 25 heavy (non-hydrogen) atoms. The zero-order valence-corrected chi connectivity index (χ0v) is 14.5. The molecule has 130 valence electrons. The Hall–Kier alpha value is -2.73. The fraction of sp³-hybridized carbons (Fsp3) is 0.316. The molecule has 2 amide bonds. The first-order valence-electron chi connectivity index (χ1n) is 8.36. The molecule has 1 aromatic carbocycles. The predicted octanol–water partition coefficient (Wildman–Crippen LogP) is 2.03. The van der Waals surface area contributed by atoms with Gasteiger partial charge in [-0.15, -0.1) is 0 Å². The number of pyridine rings is 1. The number of likely N-dealkylation sites (N-methyl/N-ethyl adjacent to an activating group) is 1. The van der Waals surface area contributed by atoms with Gasteiger partial charge in [0, 0.05) is 31.9 Å². The van der Waals surface area contributed by atoms with Crippen LogP contribution in [0.15, 0.2) is 42.5 Å². The van der Waals surface area contributed by atoms with Crippen molar-refractivity contribution in [3.63, 3.8) is 0 Å². The topological polar surface area (TPSA) is 65.5 Å². The van der Waals surface area contributed by atoms with Crippen LogP contribution in [0.25, 0.3) is 0 Å². The maximum atomic E-state index is 12.6. The maximum absolute atomic E-state index is 12.6. The van der Waals surface area contributed by atoms with Gasteiger partial charge >= 0.3 is 0 Å². The number of hydrogen-bond donors (Lipinski definition) is 1. The van der Waals surface area contributed by atoms with Crippen LogP contribution in [0.2, 0.25) is 0 Å². The van der Waals surface area contributed by atoms with Gasteiger partial charge < -0.3 is 15.1 Å². The quantitative estimate of drug-likeness (QED) is 0.930. The summed E-state index contributed by atoms with van der Waals surface area (Å²) in [5.74, 6) is -0.444. The number of aromatic nitrogens is 1. The lowest BCUT2D eigenvalue weighted by Gasteiger charge is -2.32. The number of carbonyl (C=O) groups is 2. The third-order valence-corrected chi connectivity index (χ3v) is 4.38. The van der Waals surface area contributed by atoms with Crippen molar-refractivity contribution in [2.24, 2.45) is 0 Å². The van der Waals surface area contributed by atoms with Gasteiger partial charge in [0.25, 0.3) is 11.8 Å². The number of piperazine rings is 1. The number of nitrogens with one attached hydrogen (secondary N) is 1. The highest BCUT2D eigenvalue weighted by Gasteiger charge is 2.22. The summed E-state index contributed by atoms with van der Waals surface area (Å²) in [7, 11) is 2.04. The molecule has 6 heteroatoms. The molecule has 1 aliphatic rings. The maximum Gasteiger partial charge on any atom is 0.274 e. The van der Waals surface area contributed by atoms with Crippen LogP contribution in [0.5, 0.6) is 0 Å². The lowest BCUT2D eigenvalue weighted by atomic mass is 10.2. The zero-order chi connectivity index (χ0) is 17.8. The van der Waals surface area contributed by atoms with Gasteiger partial charge in [0.2, 0.25) is 0 Å². The highest BCUT2D eigenvalue weighted by atomic mass is 16.2. The van der Waals surface area contributed by atoms with Gasteiger partial charge in [-0.25, -0.2) is 4.98 Å². The summed E-state index contributed by atoms with van der Waals surface area (Å²) in [6, 6.07) is 12.5. The second kappa shape index (κ2) is 7.44. The fourth-order valence-electron chi connectivity index (χ4n) is 2.75. The van der Waals surface area contributed by atoms with E-state index in [-0.39, 0.29) is 17.5 Å². The van der Waals surface area contributed by atoms with Gasteiger partial charge in [0.05, 0.1) is 0 Å². The smallest absolute Gasteiger partial charge is 0.274 e. The molecule has 0 atom stereocenters. The number of carbonyl (C=O) groups excluding carboxylic acids is 2. The minimum Gasteiger partial charge on any atom is -0.335 e. The van der Waals surface area contributed by atoms with E-state index in [1.807, 2.05) is 38.2 Å². The molecule has 0 saturated carbocycles. The molecule has 1 N–H and O–H groups in total. The van der Waals surface area contributed by atoms with Crippen molar-refractivity contribution >= 4 is 17.5 Å². The fourth-order valence-corrected chi connectivity index (χ4v) is 2.75. The van der Waals surface area contributed by atoms with Crippen LogP contribution in [0.1, 0.15) is 26.5 Å². The van der Waals surface area contributed by atoms with Crippen molar-refractivity contribution < 1.29 is 9.59 Å². The van der Waals surface area contributed by atoms with Crippen LogP contribution >= 0.6 is 0 Å². The number of amides is 2. The molecule has 0 radical (unpaired) electrons. The summed E-state index contributed by atoms with van der Waals surface area (Å²) >= 11 is 0. The van der Waals surface area contributed by atoms with Crippen LogP contribution in [0, 0.1) is 6.92 Å². The number of para-hydroxylation sites is 1. The van der Waals surface area contributed by atoms with Crippen molar-refractivity contribution in [3.05, 3.63) is 59.4 Å². The van der Waals surface area contributed by atoms with E-state index in [1.54, 1.807) is 23.1 Å². The third-order valence-electron chi connectivity index (χ3n) is 4.38. The number of benzene rings is 1. The molecule has 6 nitrogen and oxygen atoms in total. The highest BCUT2D eigenvalue weighted by molar-refractivity contribution is 6.04. The van der Waals surface area contributed by atoms with E-state index in [9.17, 15) is 9.59 Å². The summed E-state index contributed by atoms with van der Waals surface area (Å²) in [4.78, 5) is 33.3. The largest absolute Gasteiger partial charge is 0.335 e. The van der Waals surface area contributed by atoms with Crippen molar-refractivity contribution in [2.45, 2.75) is 6.92 Å². The Labute approximate surface area is 147 Å². The van der Waals surface area contributed by atoms with Gasteiger partial charge in [-0.2, -0.15) is 0 Å². The number of hydrogen-bond acceptors (Lipinski definition) is 4. The van der Waals surface area contributed by atoms with Gasteiger partial charge in [-0.1, -0.05) is 24.3 Å². The molecule has 3 rings (SSSR count). The first-order valence-corrected chi connectivity index (χ1v) is 8.36. The molecular formula is C19H22N4O2. The standard InChI is InChI=1S/C19H22N4O2/c1-14-6-3-4-7-15(14)21-18(24)16-8-5-9-17(20-16)19(25)23-12-10-22(2)11-13-23/h3-9H,10-13H2,1-2H3,(H,21,24). The van der Waals surface area contributed by atoms with Crippen LogP contribution in [0.3, 0.4) is 0 Å². The first kappa shape index (κ1) is 17.1. The summed E-state index contributed by atoms with van der Waals surface area (Å²) < 4.78 is 0. The highest BCUT2D eigenvalue weighted by Crippen LogP contribution is 2.14. The summed E-state index contributed by atoms with van der Waals surface area (Å²) in [5.41, 5.74) is 2.26. The second-order valence-electron chi connectivity index (χ2n) is 6.27. The van der Waals surface area contributed by atoms with Crippen LogP contribution in [0.4, 0.5) is 5.69 Å². The average Bonchev–Trinajstić information content (AvgIpc) is 2.64. The predicted molar refractivity (Wildman–Crippen MR) is 96.8 cm³/mol. The Morgan fingerprint density at radius 2 is 1.64 bits per heavy atom. The summed E-state index contributed by atoms with van der Waals surface area (Å²) in [5, 5.41) is 2.84. The van der Waals surface area contributed by atoms with E-state index < -0.39 is 0 Å². The first-order chi connectivity index (χ1) is 12.0. The Balaban J connectivity index is 1.73. The molecule has 1 fully saturated rings. The summed E-state index contributed by atoms with van der Waals surface area (Å²) in [6.07, 6.45) is 0. The molecule has 0 unspecified atom stereocenters. The van der Waals surface area contributed by atoms with Crippen LogP contribution < -0.4 is 5.32 Å². The molecule has 1 aliphatic heterocycles. The Bertz CT molecular complexity index is 782.